The summed E-state index contributed by atoms with van der Waals surface area (Å²) in [5.74, 6) is 0.328. The average molecular weight is 476 g/mol. The van der Waals surface area contributed by atoms with E-state index in [0.29, 0.717) is 29.7 Å². The first-order valence-electron chi connectivity index (χ1n) is 13.2. The van der Waals surface area contributed by atoms with Crippen molar-refractivity contribution in [2.75, 3.05) is 0 Å². The number of ether oxygens (including phenoxy) is 1. The van der Waals surface area contributed by atoms with Gasteiger partial charge < -0.3 is 15.4 Å². The van der Waals surface area contributed by atoms with Crippen molar-refractivity contribution in [3.63, 3.8) is 0 Å². The predicted octanol–water partition coefficient (Wildman–Crippen LogP) is 5.91. The average Bonchev–Trinajstić information content (AvgIpc) is 3.61. The van der Waals surface area contributed by atoms with Gasteiger partial charge in [-0.25, -0.2) is 9.78 Å². The third-order valence-corrected chi connectivity index (χ3v) is 7.03. The Bertz CT molecular complexity index is 987. The van der Waals surface area contributed by atoms with Gasteiger partial charge in [-0.15, -0.1) is 0 Å². The number of esters is 1. The Labute approximate surface area is 210 Å². The van der Waals surface area contributed by atoms with E-state index in [0.717, 1.165) is 18.5 Å². The number of rotatable bonds is 9. The summed E-state index contributed by atoms with van der Waals surface area (Å²) in [7, 11) is 0. The van der Waals surface area contributed by atoms with Gasteiger partial charge in [0, 0.05) is 30.9 Å². The van der Waals surface area contributed by atoms with Crippen LogP contribution in [0.25, 0.3) is 6.08 Å². The van der Waals surface area contributed by atoms with Gasteiger partial charge in [0.05, 0.1) is 0 Å². The van der Waals surface area contributed by atoms with E-state index in [1.807, 2.05) is 26.8 Å². The highest BCUT2D eigenvalue weighted by molar-refractivity contribution is 5.87. The highest BCUT2D eigenvalue weighted by Crippen LogP contribution is 2.40. The maximum Gasteiger partial charge on any atom is 0.357 e. The quantitative estimate of drug-likeness (QED) is 0.442. The number of hydrogen-bond acceptors (Lipinski definition) is 5. The number of nitrogens with zero attached hydrogens (tertiary/aromatic N) is 1. The first-order valence-corrected chi connectivity index (χ1v) is 13.2. The van der Waals surface area contributed by atoms with Crippen LogP contribution in [-0.2, 0) is 11.3 Å². The standard InChI is InChI=1S/C30H41N3O2/c1-5-23(17-21-9-7-6-8-10-21)26-18-28(26)33-25-14-12-24(13-15-25)31-19-22-11-16-27(32-20-22)29(34)35-30(2,3)4/h6-11,16-17,20,24-26,28,31,33H,5,12-15,18-19H2,1-4H3/t24?,25?,26?,28-/m0/s1. The fourth-order valence-electron chi connectivity index (χ4n) is 5.03. The van der Waals surface area contributed by atoms with Crippen LogP contribution in [0.2, 0.25) is 0 Å². The molecule has 0 saturated heterocycles. The molecule has 35 heavy (non-hydrogen) atoms. The van der Waals surface area contributed by atoms with Crippen molar-refractivity contribution in [3.8, 4) is 0 Å². The zero-order valence-corrected chi connectivity index (χ0v) is 21.7. The van der Waals surface area contributed by atoms with Crippen LogP contribution in [-0.4, -0.2) is 34.7 Å². The van der Waals surface area contributed by atoms with Gasteiger partial charge in [0.25, 0.3) is 0 Å². The van der Waals surface area contributed by atoms with E-state index >= 15 is 0 Å². The summed E-state index contributed by atoms with van der Waals surface area (Å²) in [4.78, 5) is 16.4. The fraction of sp³-hybridized carbons (Fsp3) is 0.533. The fourth-order valence-corrected chi connectivity index (χ4v) is 5.03. The third-order valence-electron chi connectivity index (χ3n) is 7.03. The molecule has 1 unspecified atom stereocenters. The van der Waals surface area contributed by atoms with Gasteiger partial charge in [0.15, 0.2) is 0 Å². The van der Waals surface area contributed by atoms with E-state index in [1.54, 1.807) is 17.8 Å². The summed E-state index contributed by atoms with van der Waals surface area (Å²) in [6, 6.07) is 16.2. The Morgan fingerprint density at radius 1 is 1.06 bits per heavy atom. The number of carbonyl (C=O) groups is 1. The van der Waals surface area contributed by atoms with Crippen molar-refractivity contribution in [3.05, 3.63) is 71.1 Å². The minimum Gasteiger partial charge on any atom is -0.455 e. The minimum atomic E-state index is -0.510. The molecule has 2 aliphatic rings. The maximum atomic E-state index is 12.1. The molecule has 188 valence electrons. The summed E-state index contributed by atoms with van der Waals surface area (Å²) in [5.41, 5.74) is 3.84. The summed E-state index contributed by atoms with van der Waals surface area (Å²) in [5, 5.41) is 7.63. The Hall–Kier alpha value is -2.50. The predicted molar refractivity (Wildman–Crippen MR) is 142 cm³/mol. The van der Waals surface area contributed by atoms with Crippen LogP contribution in [0.15, 0.2) is 54.2 Å². The molecule has 5 heteroatoms. The minimum absolute atomic E-state index is 0.360. The van der Waals surface area contributed by atoms with E-state index < -0.39 is 5.60 Å². The molecule has 2 atom stereocenters. The number of aromatic nitrogens is 1. The van der Waals surface area contributed by atoms with Crippen molar-refractivity contribution in [2.24, 2.45) is 5.92 Å². The van der Waals surface area contributed by atoms with Gasteiger partial charge in [0.1, 0.15) is 11.3 Å². The lowest BCUT2D eigenvalue weighted by Gasteiger charge is -2.30. The second kappa shape index (κ2) is 11.5. The second-order valence-electron chi connectivity index (χ2n) is 11.1. The Balaban J connectivity index is 1.17. The summed E-state index contributed by atoms with van der Waals surface area (Å²) >= 11 is 0. The van der Waals surface area contributed by atoms with Crippen LogP contribution in [0.3, 0.4) is 0 Å². The van der Waals surface area contributed by atoms with Gasteiger partial charge in [-0.05, 0) is 82.4 Å². The van der Waals surface area contributed by atoms with Gasteiger partial charge in [0.2, 0.25) is 0 Å². The smallest absolute Gasteiger partial charge is 0.357 e. The van der Waals surface area contributed by atoms with E-state index in [1.165, 1.54) is 37.7 Å². The molecular formula is C30H41N3O2. The van der Waals surface area contributed by atoms with E-state index in [4.69, 9.17) is 4.74 Å². The van der Waals surface area contributed by atoms with E-state index in [2.05, 4.69) is 58.9 Å². The van der Waals surface area contributed by atoms with Crippen LogP contribution >= 0.6 is 0 Å². The lowest BCUT2D eigenvalue weighted by atomic mass is 9.91. The molecule has 0 radical (unpaired) electrons. The maximum absolute atomic E-state index is 12.1. The molecule has 5 nitrogen and oxygen atoms in total. The van der Waals surface area contributed by atoms with Crippen LogP contribution in [0.5, 0.6) is 0 Å². The number of benzene rings is 1. The molecule has 2 aromatic rings. The third kappa shape index (κ3) is 7.74. The molecule has 0 amide bonds. The first kappa shape index (κ1) is 25.6. The van der Waals surface area contributed by atoms with Gasteiger partial charge >= 0.3 is 5.97 Å². The zero-order valence-electron chi connectivity index (χ0n) is 21.7. The number of pyridine rings is 1. The molecule has 2 fully saturated rings. The van der Waals surface area contributed by atoms with Crippen LogP contribution in [0.1, 0.15) is 87.8 Å². The van der Waals surface area contributed by atoms with Crippen molar-refractivity contribution < 1.29 is 9.53 Å². The van der Waals surface area contributed by atoms with Crippen molar-refractivity contribution in [1.29, 1.82) is 0 Å². The lowest BCUT2D eigenvalue weighted by molar-refractivity contribution is 0.00628. The van der Waals surface area contributed by atoms with Crippen molar-refractivity contribution in [2.45, 2.75) is 96.5 Å². The SMILES string of the molecule is CCC(=Cc1ccccc1)C1C[C@@H]1NC1CCC(NCc2ccc(C(=O)OC(C)(C)C)nc2)CC1. The summed E-state index contributed by atoms with van der Waals surface area (Å²) in [6.07, 6.45) is 11.4. The molecule has 2 N–H and O–H groups in total. The number of hydrogen-bond donors (Lipinski definition) is 2. The summed E-state index contributed by atoms with van der Waals surface area (Å²) < 4.78 is 5.39. The number of carbonyl (C=O) groups excluding carboxylic acids is 1. The van der Waals surface area contributed by atoms with E-state index in [-0.39, 0.29) is 5.97 Å². The molecule has 2 saturated carbocycles. The topological polar surface area (TPSA) is 63.2 Å². The van der Waals surface area contributed by atoms with Gasteiger partial charge in [-0.1, -0.05) is 55.0 Å². The monoisotopic (exact) mass is 475 g/mol. The molecule has 1 heterocycles. The molecule has 1 aromatic carbocycles. The Morgan fingerprint density at radius 3 is 2.40 bits per heavy atom. The zero-order chi connectivity index (χ0) is 24.8. The number of nitrogens with one attached hydrogen (secondary N) is 2. The lowest BCUT2D eigenvalue weighted by Crippen LogP contribution is -2.40. The molecule has 0 spiro atoms. The summed E-state index contributed by atoms with van der Waals surface area (Å²) in [6.45, 7) is 8.65. The largest absolute Gasteiger partial charge is 0.455 e. The highest BCUT2D eigenvalue weighted by atomic mass is 16.6. The first-order chi connectivity index (χ1) is 16.8. The molecular weight excluding hydrogens is 434 g/mol. The van der Waals surface area contributed by atoms with Crippen LogP contribution in [0.4, 0.5) is 0 Å². The highest BCUT2D eigenvalue weighted by Gasteiger charge is 2.40. The van der Waals surface area contributed by atoms with E-state index in [9.17, 15) is 4.79 Å². The normalized spacial score (nSPS) is 24.7. The van der Waals surface area contributed by atoms with Crippen molar-refractivity contribution in [1.82, 2.24) is 15.6 Å². The second-order valence-corrected chi connectivity index (χ2v) is 11.1. The molecule has 1 aromatic heterocycles. The molecule has 4 rings (SSSR count). The Kier molecular flexibility index (Phi) is 8.40. The van der Waals surface area contributed by atoms with Gasteiger partial charge in [-0.3, -0.25) is 0 Å². The molecule has 2 aliphatic carbocycles. The molecule has 0 aliphatic heterocycles. The molecule has 0 bridgehead atoms. The van der Waals surface area contributed by atoms with Crippen LogP contribution < -0.4 is 10.6 Å². The van der Waals surface area contributed by atoms with Crippen LogP contribution in [0, 0.1) is 5.92 Å². The van der Waals surface area contributed by atoms with Gasteiger partial charge in [-0.2, -0.15) is 0 Å². The van der Waals surface area contributed by atoms with Crippen molar-refractivity contribution >= 4 is 12.0 Å². The Morgan fingerprint density at radius 2 is 1.77 bits per heavy atom.